The van der Waals surface area contributed by atoms with Crippen LogP contribution in [0.4, 0.5) is 5.69 Å². The Morgan fingerprint density at radius 2 is 1.79 bits per heavy atom. The molecule has 3 aromatic rings. The Morgan fingerprint density at radius 1 is 1.05 bits per heavy atom. The molecule has 0 radical (unpaired) electrons. The van der Waals surface area contributed by atoms with E-state index in [0.29, 0.717) is 50.5 Å². The van der Waals surface area contributed by atoms with Gasteiger partial charge in [-0.3, -0.25) is 14.7 Å². The lowest BCUT2D eigenvalue weighted by Gasteiger charge is -2.33. The van der Waals surface area contributed by atoms with Crippen molar-refractivity contribution in [2.75, 3.05) is 58.4 Å². The smallest absolute Gasteiger partial charge is 0.271 e. The van der Waals surface area contributed by atoms with Gasteiger partial charge in [0.2, 0.25) is 15.9 Å². The van der Waals surface area contributed by atoms with Gasteiger partial charge in [-0.15, -0.1) is 0 Å². The molecule has 0 bridgehead atoms. The molecule has 1 aliphatic rings. The van der Waals surface area contributed by atoms with Crippen LogP contribution in [0.2, 0.25) is 0 Å². The lowest BCUT2D eigenvalue weighted by atomic mass is 10.1. The van der Waals surface area contributed by atoms with E-state index in [9.17, 15) is 18.0 Å². The first-order valence-electron chi connectivity index (χ1n) is 14.0. The van der Waals surface area contributed by atoms with E-state index in [4.69, 9.17) is 9.47 Å². The number of ether oxygens (including phenoxy) is 2. The molecule has 15 nitrogen and oxygen atoms in total. The number of hydrogen-bond donors (Lipinski definition) is 3. The predicted octanol–water partition coefficient (Wildman–Crippen LogP) is 1.08. The second kappa shape index (κ2) is 15.0. The van der Waals surface area contributed by atoms with E-state index in [1.54, 1.807) is 18.5 Å². The van der Waals surface area contributed by atoms with Crippen LogP contribution in [0.3, 0.4) is 0 Å². The summed E-state index contributed by atoms with van der Waals surface area (Å²) in [6.45, 7) is 7.03. The Balaban J connectivity index is 1.62. The summed E-state index contributed by atoms with van der Waals surface area (Å²) in [7, 11) is -2.43. The minimum absolute atomic E-state index is 0.0279. The summed E-state index contributed by atoms with van der Waals surface area (Å²) in [6.07, 6.45) is 5.48. The molecule has 0 atom stereocenters. The number of hydrogen-bond acceptors (Lipinski definition) is 11. The van der Waals surface area contributed by atoms with Gasteiger partial charge in [-0.2, -0.15) is 9.40 Å². The summed E-state index contributed by atoms with van der Waals surface area (Å²) in [5.74, 6) is -0.910. The van der Waals surface area contributed by atoms with Crippen LogP contribution in [-0.2, 0) is 27.7 Å². The maximum absolute atomic E-state index is 13.7. The fraction of sp³-hybridized carbons (Fsp3) is 0.481. The number of rotatable bonds is 14. The van der Waals surface area contributed by atoms with Crippen LogP contribution in [0.15, 0.2) is 35.6 Å². The van der Waals surface area contributed by atoms with E-state index < -0.39 is 21.8 Å². The third kappa shape index (κ3) is 7.90. The SMILES string of the molecule is CCCc1n[nH]c(C(=O)NCc2ncccn2)c1NC(=O)c1cc(S(=O)(=O)N2CCN(CC)CC2)cnc1OCCOC. The van der Waals surface area contributed by atoms with Crippen LogP contribution in [-0.4, -0.2) is 108 Å². The fourth-order valence-electron chi connectivity index (χ4n) is 4.45. The normalized spacial score (nSPS) is 14.4. The second-order valence-corrected chi connectivity index (χ2v) is 11.6. The third-order valence-corrected chi connectivity index (χ3v) is 8.70. The predicted molar refractivity (Wildman–Crippen MR) is 156 cm³/mol. The second-order valence-electron chi connectivity index (χ2n) is 9.68. The summed E-state index contributed by atoms with van der Waals surface area (Å²) in [5, 5.41) is 12.4. The topological polar surface area (TPSA) is 185 Å². The van der Waals surface area contributed by atoms with Gasteiger partial charge in [0.1, 0.15) is 28.6 Å². The number of piperazine rings is 1. The third-order valence-electron chi connectivity index (χ3n) is 6.83. The van der Waals surface area contributed by atoms with E-state index in [0.717, 1.165) is 6.54 Å². The minimum Gasteiger partial charge on any atom is -0.475 e. The van der Waals surface area contributed by atoms with Gasteiger partial charge in [0.15, 0.2) is 0 Å². The molecule has 1 aliphatic heterocycles. The van der Waals surface area contributed by atoms with Crippen LogP contribution < -0.4 is 15.4 Å². The van der Waals surface area contributed by atoms with Crippen LogP contribution in [0.1, 0.15) is 52.6 Å². The Hall–Kier alpha value is -3.99. The molecule has 0 spiro atoms. The highest BCUT2D eigenvalue weighted by molar-refractivity contribution is 7.89. The molecule has 232 valence electrons. The Morgan fingerprint density at radius 3 is 2.47 bits per heavy atom. The number of H-pyrrole nitrogens is 1. The molecule has 2 amide bonds. The molecular weight excluding hydrogens is 578 g/mol. The highest BCUT2D eigenvalue weighted by atomic mass is 32.2. The van der Waals surface area contributed by atoms with Gasteiger partial charge in [0.25, 0.3) is 11.8 Å². The Labute approximate surface area is 250 Å². The van der Waals surface area contributed by atoms with E-state index in [1.165, 1.54) is 23.7 Å². The molecule has 1 fully saturated rings. The average molecular weight is 616 g/mol. The number of anilines is 1. The molecule has 4 rings (SSSR count). The zero-order chi connectivity index (χ0) is 30.8. The molecule has 4 heterocycles. The van der Waals surface area contributed by atoms with Crippen molar-refractivity contribution in [2.24, 2.45) is 0 Å². The zero-order valence-corrected chi connectivity index (χ0v) is 25.3. The van der Waals surface area contributed by atoms with E-state index >= 15 is 0 Å². The number of pyridine rings is 1. The summed E-state index contributed by atoms with van der Waals surface area (Å²) in [5.41, 5.74) is 0.548. The van der Waals surface area contributed by atoms with E-state index in [-0.39, 0.29) is 47.5 Å². The number of methoxy groups -OCH3 is 1. The molecular formula is C27H37N9O6S. The summed E-state index contributed by atoms with van der Waals surface area (Å²) < 4.78 is 39.1. The molecule has 0 saturated carbocycles. The molecule has 3 N–H and O–H groups in total. The number of amides is 2. The summed E-state index contributed by atoms with van der Waals surface area (Å²) in [6, 6.07) is 2.91. The lowest BCUT2D eigenvalue weighted by molar-refractivity contribution is 0.0945. The first-order valence-corrected chi connectivity index (χ1v) is 15.5. The van der Waals surface area contributed by atoms with Crippen molar-refractivity contribution in [3.8, 4) is 5.88 Å². The van der Waals surface area contributed by atoms with Crippen molar-refractivity contribution in [2.45, 2.75) is 38.1 Å². The van der Waals surface area contributed by atoms with Crippen LogP contribution in [0.25, 0.3) is 0 Å². The zero-order valence-electron chi connectivity index (χ0n) is 24.5. The molecule has 3 aromatic heterocycles. The van der Waals surface area contributed by atoms with Gasteiger partial charge in [-0.05, 0) is 25.1 Å². The van der Waals surface area contributed by atoms with Crippen LogP contribution in [0, 0.1) is 0 Å². The Kier molecular flexibility index (Phi) is 11.1. The number of carbonyl (C=O) groups excluding carboxylic acids is 2. The molecule has 0 aromatic carbocycles. The Bertz CT molecular complexity index is 1490. The number of aromatic amines is 1. The van der Waals surface area contributed by atoms with Crippen molar-refractivity contribution in [3.63, 3.8) is 0 Å². The number of sulfonamides is 1. The number of aromatic nitrogens is 5. The minimum atomic E-state index is -3.94. The maximum Gasteiger partial charge on any atom is 0.271 e. The number of nitrogens with zero attached hydrogens (tertiary/aromatic N) is 6. The van der Waals surface area contributed by atoms with Crippen molar-refractivity contribution < 1.29 is 27.5 Å². The van der Waals surface area contributed by atoms with Gasteiger partial charge in [0, 0.05) is 45.7 Å². The molecule has 0 unspecified atom stereocenters. The monoisotopic (exact) mass is 615 g/mol. The highest BCUT2D eigenvalue weighted by Crippen LogP contribution is 2.26. The fourth-order valence-corrected chi connectivity index (χ4v) is 5.85. The van der Waals surface area contributed by atoms with Gasteiger partial charge < -0.3 is 25.0 Å². The first-order chi connectivity index (χ1) is 20.8. The van der Waals surface area contributed by atoms with Crippen molar-refractivity contribution in [1.82, 2.24) is 39.7 Å². The number of nitrogens with one attached hydrogen (secondary N) is 3. The standard InChI is InChI=1S/C27H37N9O6S/c1-4-7-21-23(24(34-33-21)26(38)30-18-22-28-8-6-9-29-22)32-25(37)20-16-19(17-31-27(20)42-15-14-41-3)43(39,40)36-12-10-35(5-2)11-13-36/h6,8-9,16-17H,4-5,7,10-15,18H2,1-3H3,(H,30,38)(H,32,37)(H,33,34). The van der Waals surface area contributed by atoms with Crippen molar-refractivity contribution >= 4 is 27.5 Å². The number of aryl methyl sites for hydroxylation is 1. The average Bonchev–Trinajstić information content (AvgIpc) is 3.42. The van der Waals surface area contributed by atoms with Crippen LogP contribution in [0.5, 0.6) is 5.88 Å². The van der Waals surface area contributed by atoms with Gasteiger partial charge in [0.05, 0.1) is 30.7 Å². The maximum atomic E-state index is 13.7. The van der Waals surface area contributed by atoms with Crippen molar-refractivity contribution in [3.05, 3.63) is 53.5 Å². The molecule has 16 heteroatoms. The van der Waals surface area contributed by atoms with Crippen molar-refractivity contribution in [1.29, 1.82) is 0 Å². The highest BCUT2D eigenvalue weighted by Gasteiger charge is 2.31. The largest absolute Gasteiger partial charge is 0.475 e. The van der Waals surface area contributed by atoms with Gasteiger partial charge >= 0.3 is 0 Å². The quantitative estimate of drug-likeness (QED) is 0.221. The summed E-state index contributed by atoms with van der Waals surface area (Å²) in [4.78, 5) is 41.2. The molecule has 0 aliphatic carbocycles. The lowest BCUT2D eigenvalue weighted by Crippen LogP contribution is -2.48. The van der Waals surface area contributed by atoms with Crippen LogP contribution >= 0.6 is 0 Å². The van der Waals surface area contributed by atoms with E-state index in [2.05, 4.69) is 40.7 Å². The number of likely N-dealkylation sites (N-methyl/N-ethyl adjacent to an activating group) is 1. The molecule has 43 heavy (non-hydrogen) atoms. The van der Waals surface area contributed by atoms with Gasteiger partial charge in [-0.1, -0.05) is 20.3 Å². The van der Waals surface area contributed by atoms with Gasteiger partial charge in [-0.25, -0.2) is 23.4 Å². The number of carbonyl (C=O) groups is 2. The van der Waals surface area contributed by atoms with E-state index in [1.807, 2.05) is 13.8 Å². The summed E-state index contributed by atoms with van der Waals surface area (Å²) >= 11 is 0. The molecule has 1 saturated heterocycles. The first kappa shape index (κ1) is 31.9.